The lowest BCUT2D eigenvalue weighted by Crippen LogP contribution is -2.49. The summed E-state index contributed by atoms with van der Waals surface area (Å²) in [6.07, 6.45) is 7.00. The zero-order valence-electron chi connectivity index (χ0n) is 13.8. The first kappa shape index (κ1) is 17.6. The zero-order chi connectivity index (χ0) is 16.0. The third-order valence-electron chi connectivity index (χ3n) is 3.23. The average molecular weight is 297 g/mol. The van der Waals surface area contributed by atoms with Crippen LogP contribution in [0.1, 0.15) is 27.7 Å². The van der Waals surface area contributed by atoms with E-state index in [2.05, 4.69) is 0 Å². The molecule has 0 saturated heterocycles. The summed E-state index contributed by atoms with van der Waals surface area (Å²) in [5.74, 6) is 0.0650. The second-order valence-corrected chi connectivity index (χ2v) is 6.23. The van der Waals surface area contributed by atoms with Gasteiger partial charge in [0.25, 0.3) is 0 Å². The van der Waals surface area contributed by atoms with Gasteiger partial charge in [0.1, 0.15) is 5.60 Å². The van der Waals surface area contributed by atoms with Gasteiger partial charge in [-0.2, -0.15) is 0 Å². The van der Waals surface area contributed by atoms with Crippen molar-refractivity contribution in [2.45, 2.75) is 45.4 Å². The Balaban J connectivity index is 2.86. The van der Waals surface area contributed by atoms with Crippen molar-refractivity contribution in [3.8, 4) is 0 Å². The van der Waals surface area contributed by atoms with Gasteiger partial charge < -0.3 is 19.1 Å². The molecule has 21 heavy (non-hydrogen) atoms. The van der Waals surface area contributed by atoms with E-state index in [0.717, 1.165) is 0 Å². The highest BCUT2D eigenvalue weighted by molar-refractivity contribution is 5.68. The maximum absolute atomic E-state index is 12.3. The molecule has 3 atom stereocenters. The summed E-state index contributed by atoms with van der Waals surface area (Å²) in [5, 5.41) is 0. The topological polar surface area (TPSA) is 48.0 Å². The van der Waals surface area contributed by atoms with Crippen LogP contribution in [-0.4, -0.2) is 49.5 Å². The summed E-state index contributed by atoms with van der Waals surface area (Å²) in [6, 6.07) is -0.148. The fraction of sp³-hybridized carbons (Fsp3) is 0.688. The number of amides is 1. The number of hydrogen-bond donors (Lipinski definition) is 0. The minimum atomic E-state index is -0.520. The fourth-order valence-corrected chi connectivity index (χ4v) is 2.27. The maximum Gasteiger partial charge on any atom is 0.410 e. The Morgan fingerprint density at radius 2 is 2.14 bits per heavy atom. The first-order valence-corrected chi connectivity index (χ1v) is 7.20. The molecule has 1 amide bonds. The van der Waals surface area contributed by atoms with Gasteiger partial charge in [-0.05, 0) is 26.8 Å². The van der Waals surface area contributed by atoms with Gasteiger partial charge in [0.15, 0.2) is 0 Å². The van der Waals surface area contributed by atoms with Gasteiger partial charge in [0.05, 0.1) is 32.1 Å². The van der Waals surface area contributed by atoms with Crippen LogP contribution >= 0.6 is 0 Å². The predicted octanol–water partition coefficient (Wildman–Crippen LogP) is 2.97. The van der Waals surface area contributed by atoms with Gasteiger partial charge in [0, 0.05) is 13.0 Å². The maximum atomic E-state index is 12.3. The minimum absolute atomic E-state index is 0.0650. The molecule has 120 valence electrons. The highest BCUT2D eigenvalue weighted by atomic mass is 16.6. The van der Waals surface area contributed by atoms with Crippen molar-refractivity contribution in [3.05, 3.63) is 24.5 Å². The molecule has 0 aromatic carbocycles. The second-order valence-electron chi connectivity index (χ2n) is 6.23. The molecule has 5 nitrogen and oxygen atoms in total. The molecule has 0 spiro atoms. The molecule has 0 bridgehead atoms. The van der Waals surface area contributed by atoms with Crippen molar-refractivity contribution < 1.29 is 19.0 Å². The molecule has 1 heterocycles. The Kier molecular flexibility index (Phi) is 6.27. The van der Waals surface area contributed by atoms with Gasteiger partial charge in [-0.15, -0.1) is 0 Å². The lowest BCUT2D eigenvalue weighted by molar-refractivity contribution is -0.00663. The highest BCUT2D eigenvalue weighted by Crippen LogP contribution is 2.23. The van der Waals surface area contributed by atoms with Crippen LogP contribution in [0.2, 0.25) is 0 Å². The van der Waals surface area contributed by atoms with Gasteiger partial charge >= 0.3 is 6.09 Å². The summed E-state index contributed by atoms with van der Waals surface area (Å²) >= 11 is 0. The fourth-order valence-electron chi connectivity index (χ4n) is 2.27. The van der Waals surface area contributed by atoms with E-state index in [1.54, 1.807) is 25.3 Å². The van der Waals surface area contributed by atoms with E-state index < -0.39 is 5.60 Å². The van der Waals surface area contributed by atoms with Crippen LogP contribution in [0.4, 0.5) is 4.79 Å². The SMILES string of the molecule is COC=C[C@@H](C)[C@@H](C1C=CCO1)N(C)C(=O)OC(C)(C)C. The summed E-state index contributed by atoms with van der Waals surface area (Å²) in [5.41, 5.74) is -0.520. The number of nitrogens with zero attached hydrogens (tertiary/aromatic N) is 1. The van der Waals surface area contributed by atoms with Gasteiger partial charge in [-0.25, -0.2) is 4.79 Å². The molecule has 0 aromatic heterocycles. The monoisotopic (exact) mass is 297 g/mol. The van der Waals surface area contributed by atoms with E-state index in [-0.39, 0.29) is 24.2 Å². The normalized spacial score (nSPS) is 21.3. The van der Waals surface area contributed by atoms with Crippen LogP contribution in [0.5, 0.6) is 0 Å². The zero-order valence-corrected chi connectivity index (χ0v) is 13.8. The highest BCUT2D eigenvalue weighted by Gasteiger charge is 2.34. The van der Waals surface area contributed by atoms with E-state index >= 15 is 0 Å². The van der Waals surface area contributed by atoms with Crippen LogP contribution in [0.25, 0.3) is 0 Å². The number of carbonyl (C=O) groups excluding carboxylic acids is 1. The molecule has 5 heteroatoms. The predicted molar refractivity (Wildman–Crippen MR) is 82.0 cm³/mol. The Hall–Kier alpha value is -1.49. The van der Waals surface area contributed by atoms with Crippen molar-refractivity contribution in [2.24, 2.45) is 5.92 Å². The third kappa shape index (κ3) is 5.42. The van der Waals surface area contributed by atoms with Crippen molar-refractivity contribution >= 4 is 6.09 Å². The average Bonchev–Trinajstić information content (AvgIpc) is 2.88. The number of likely N-dealkylation sites (N-methyl/N-ethyl adjacent to an activating group) is 1. The standard InChI is InChI=1S/C16H27NO4/c1-12(9-11-19-6)14(13-8-7-10-20-13)17(5)15(18)21-16(2,3)4/h7-9,11-14H,10H2,1-6H3/t12-,13?,14+/m1/s1. The van der Waals surface area contributed by atoms with Crippen molar-refractivity contribution in [1.82, 2.24) is 4.90 Å². The molecular weight excluding hydrogens is 270 g/mol. The lowest BCUT2D eigenvalue weighted by atomic mass is 9.95. The summed E-state index contributed by atoms with van der Waals surface area (Å²) in [7, 11) is 3.34. The van der Waals surface area contributed by atoms with Gasteiger partial charge in [-0.3, -0.25) is 0 Å². The van der Waals surface area contributed by atoms with Crippen molar-refractivity contribution in [3.63, 3.8) is 0 Å². The van der Waals surface area contributed by atoms with Crippen molar-refractivity contribution in [2.75, 3.05) is 20.8 Å². The van der Waals surface area contributed by atoms with Crippen LogP contribution in [0.15, 0.2) is 24.5 Å². The molecule has 0 N–H and O–H groups in total. The van der Waals surface area contributed by atoms with Crippen molar-refractivity contribution in [1.29, 1.82) is 0 Å². The van der Waals surface area contributed by atoms with Gasteiger partial charge in [0.2, 0.25) is 0 Å². The molecule has 0 radical (unpaired) electrons. The summed E-state index contributed by atoms with van der Waals surface area (Å²) in [4.78, 5) is 13.9. The third-order valence-corrected chi connectivity index (χ3v) is 3.23. The summed E-state index contributed by atoms with van der Waals surface area (Å²) in [6.45, 7) is 8.16. The molecule has 0 fully saturated rings. The number of rotatable bonds is 5. The molecule has 1 unspecified atom stereocenters. The van der Waals surface area contributed by atoms with Crippen LogP contribution in [-0.2, 0) is 14.2 Å². The number of carbonyl (C=O) groups is 1. The van der Waals surface area contributed by atoms with E-state index in [9.17, 15) is 4.79 Å². The van der Waals surface area contributed by atoms with E-state index in [1.807, 2.05) is 45.9 Å². The smallest absolute Gasteiger partial charge is 0.410 e. The number of ether oxygens (including phenoxy) is 3. The molecule has 1 aliphatic heterocycles. The molecule has 1 rings (SSSR count). The quantitative estimate of drug-likeness (QED) is 0.578. The van der Waals surface area contributed by atoms with Crippen LogP contribution in [0, 0.1) is 5.92 Å². The molecular formula is C16H27NO4. The van der Waals surface area contributed by atoms with E-state index in [1.165, 1.54) is 0 Å². The van der Waals surface area contributed by atoms with E-state index in [0.29, 0.717) is 6.61 Å². The first-order chi connectivity index (χ1) is 9.76. The Bertz CT molecular complexity index is 398. The largest absolute Gasteiger partial charge is 0.505 e. The first-order valence-electron chi connectivity index (χ1n) is 7.20. The Morgan fingerprint density at radius 1 is 1.48 bits per heavy atom. The molecule has 0 aromatic rings. The van der Waals surface area contributed by atoms with Gasteiger partial charge in [-0.1, -0.05) is 19.1 Å². The lowest BCUT2D eigenvalue weighted by Gasteiger charge is -2.35. The molecule has 1 aliphatic rings. The van der Waals surface area contributed by atoms with Crippen LogP contribution < -0.4 is 0 Å². The van der Waals surface area contributed by atoms with Crippen LogP contribution in [0.3, 0.4) is 0 Å². The number of hydrogen-bond acceptors (Lipinski definition) is 4. The number of methoxy groups -OCH3 is 1. The second kappa shape index (κ2) is 7.50. The molecule has 0 saturated carbocycles. The summed E-state index contributed by atoms with van der Waals surface area (Å²) < 4.78 is 16.1. The Labute approximate surface area is 127 Å². The Morgan fingerprint density at radius 3 is 2.62 bits per heavy atom. The van der Waals surface area contributed by atoms with E-state index in [4.69, 9.17) is 14.2 Å². The molecule has 0 aliphatic carbocycles. The minimum Gasteiger partial charge on any atom is -0.505 e.